The fraction of sp³-hybridized carbons (Fsp3) is 0.150. The molecule has 0 bridgehead atoms. The highest BCUT2D eigenvalue weighted by atomic mass is 16.2. The van der Waals surface area contributed by atoms with Crippen molar-refractivity contribution in [1.82, 2.24) is 9.78 Å². The number of benzene rings is 2. The van der Waals surface area contributed by atoms with Crippen molar-refractivity contribution in [1.29, 1.82) is 0 Å². The fourth-order valence-corrected chi connectivity index (χ4v) is 2.49. The predicted octanol–water partition coefficient (Wildman–Crippen LogP) is 3.54. The van der Waals surface area contributed by atoms with Gasteiger partial charge in [0.1, 0.15) is 5.82 Å². The number of hydrogen-bond acceptors (Lipinski definition) is 3. The first-order chi connectivity index (χ1) is 12.4. The van der Waals surface area contributed by atoms with Crippen LogP contribution in [-0.2, 0) is 7.05 Å². The Labute approximate surface area is 151 Å². The smallest absolute Gasteiger partial charge is 0.276 e. The maximum atomic E-state index is 12.4. The lowest BCUT2D eigenvalue weighted by Gasteiger charge is -2.06. The van der Waals surface area contributed by atoms with Crippen molar-refractivity contribution in [3.8, 4) is 0 Å². The van der Waals surface area contributed by atoms with Crippen LogP contribution < -0.4 is 10.6 Å². The van der Waals surface area contributed by atoms with Crippen molar-refractivity contribution in [2.75, 3.05) is 10.6 Å². The summed E-state index contributed by atoms with van der Waals surface area (Å²) in [5.74, 6) is -0.136. The van der Waals surface area contributed by atoms with Crippen molar-refractivity contribution < 1.29 is 9.59 Å². The molecule has 6 heteroatoms. The first kappa shape index (κ1) is 17.4. The Morgan fingerprint density at radius 1 is 0.885 bits per heavy atom. The number of carbonyl (C=O) groups excluding carboxylic acids is 2. The van der Waals surface area contributed by atoms with E-state index in [4.69, 9.17) is 0 Å². The van der Waals surface area contributed by atoms with Gasteiger partial charge in [0, 0.05) is 24.4 Å². The molecule has 0 saturated carbocycles. The SMILES string of the molecule is Cc1ccc(NC(=O)c2cc(NC(=O)c3ccccc3)n(C)n2)cc1C. The molecule has 3 rings (SSSR count). The topological polar surface area (TPSA) is 76.0 Å². The van der Waals surface area contributed by atoms with Crippen LogP contribution in [0.2, 0.25) is 0 Å². The van der Waals surface area contributed by atoms with E-state index in [1.807, 2.05) is 38.1 Å². The molecule has 0 atom stereocenters. The molecule has 0 fully saturated rings. The van der Waals surface area contributed by atoms with E-state index in [2.05, 4.69) is 15.7 Å². The molecule has 132 valence electrons. The van der Waals surface area contributed by atoms with Gasteiger partial charge in [-0.15, -0.1) is 0 Å². The van der Waals surface area contributed by atoms with E-state index in [0.29, 0.717) is 17.1 Å². The van der Waals surface area contributed by atoms with Gasteiger partial charge in [-0.2, -0.15) is 5.10 Å². The van der Waals surface area contributed by atoms with E-state index in [0.717, 1.165) is 11.1 Å². The fourth-order valence-electron chi connectivity index (χ4n) is 2.49. The third-order valence-electron chi connectivity index (χ3n) is 4.15. The molecule has 3 aromatic rings. The first-order valence-electron chi connectivity index (χ1n) is 8.23. The standard InChI is InChI=1S/C20H20N4O2/c1-13-9-10-16(11-14(13)2)21-20(26)17-12-18(24(3)23-17)22-19(25)15-7-5-4-6-8-15/h4-12H,1-3H3,(H,21,26)(H,22,25). The highest BCUT2D eigenvalue weighted by Crippen LogP contribution is 2.16. The number of aromatic nitrogens is 2. The molecule has 6 nitrogen and oxygen atoms in total. The van der Waals surface area contributed by atoms with Gasteiger partial charge in [0.2, 0.25) is 0 Å². The summed E-state index contributed by atoms with van der Waals surface area (Å²) >= 11 is 0. The number of nitrogens with zero attached hydrogens (tertiary/aromatic N) is 2. The summed E-state index contributed by atoms with van der Waals surface area (Å²) in [7, 11) is 1.67. The summed E-state index contributed by atoms with van der Waals surface area (Å²) in [5, 5.41) is 9.77. The molecule has 0 aliphatic carbocycles. The highest BCUT2D eigenvalue weighted by Gasteiger charge is 2.15. The van der Waals surface area contributed by atoms with E-state index < -0.39 is 0 Å². The normalized spacial score (nSPS) is 10.4. The van der Waals surface area contributed by atoms with Gasteiger partial charge in [-0.25, -0.2) is 0 Å². The number of hydrogen-bond donors (Lipinski definition) is 2. The zero-order chi connectivity index (χ0) is 18.7. The second-order valence-electron chi connectivity index (χ2n) is 6.11. The zero-order valence-corrected chi connectivity index (χ0v) is 14.9. The largest absolute Gasteiger partial charge is 0.321 e. The van der Waals surface area contributed by atoms with Crippen LogP contribution in [0.3, 0.4) is 0 Å². The second-order valence-corrected chi connectivity index (χ2v) is 6.11. The minimum Gasteiger partial charge on any atom is -0.321 e. The second kappa shape index (κ2) is 7.23. The molecule has 0 saturated heterocycles. The van der Waals surface area contributed by atoms with Crippen molar-refractivity contribution in [3.05, 3.63) is 77.0 Å². The van der Waals surface area contributed by atoms with Crippen molar-refractivity contribution in [2.45, 2.75) is 13.8 Å². The molecule has 0 aliphatic heterocycles. The van der Waals surface area contributed by atoms with Gasteiger partial charge in [-0.1, -0.05) is 24.3 Å². The number of amides is 2. The van der Waals surface area contributed by atoms with Crippen LogP contribution in [0.25, 0.3) is 0 Å². The Hall–Kier alpha value is -3.41. The van der Waals surface area contributed by atoms with Crippen LogP contribution in [-0.4, -0.2) is 21.6 Å². The maximum absolute atomic E-state index is 12.4. The number of nitrogens with one attached hydrogen (secondary N) is 2. The third-order valence-corrected chi connectivity index (χ3v) is 4.15. The monoisotopic (exact) mass is 348 g/mol. The Kier molecular flexibility index (Phi) is 4.84. The number of aryl methyl sites for hydroxylation is 3. The minimum atomic E-state index is -0.330. The molecular formula is C20H20N4O2. The molecule has 26 heavy (non-hydrogen) atoms. The van der Waals surface area contributed by atoms with Crippen LogP contribution >= 0.6 is 0 Å². The summed E-state index contributed by atoms with van der Waals surface area (Å²) in [5.41, 5.74) is 3.73. The van der Waals surface area contributed by atoms with Crippen molar-refractivity contribution >= 4 is 23.3 Å². The summed E-state index contributed by atoms with van der Waals surface area (Å²) in [6.07, 6.45) is 0. The first-order valence-corrected chi connectivity index (χ1v) is 8.23. The molecule has 0 aliphatic rings. The van der Waals surface area contributed by atoms with Crippen LogP contribution in [0.5, 0.6) is 0 Å². The summed E-state index contributed by atoms with van der Waals surface area (Å²) in [4.78, 5) is 24.7. The highest BCUT2D eigenvalue weighted by molar-refractivity contribution is 6.06. The van der Waals surface area contributed by atoms with E-state index >= 15 is 0 Å². The number of rotatable bonds is 4. The minimum absolute atomic E-state index is 0.231. The van der Waals surface area contributed by atoms with Gasteiger partial charge in [0.05, 0.1) is 0 Å². The molecule has 1 aromatic heterocycles. The van der Waals surface area contributed by atoms with Crippen molar-refractivity contribution in [2.24, 2.45) is 7.05 Å². The quantitative estimate of drug-likeness (QED) is 0.757. The van der Waals surface area contributed by atoms with Crippen LogP contribution in [0.4, 0.5) is 11.5 Å². The van der Waals surface area contributed by atoms with Gasteiger partial charge in [0.15, 0.2) is 5.69 Å². The molecule has 0 unspecified atom stereocenters. The van der Waals surface area contributed by atoms with Crippen molar-refractivity contribution in [3.63, 3.8) is 0 Å². The molecule has 2 N–H and O–H groups in total. The van der Waals surface area contributed by atoms with Gasteiger partial charge >= 0.3 is 0 Å². The molecule has 1 heterocycles. The molecule has 0 radical (unpaired) electrons. The average Bonchev–Trinajstić information content (AvgIpc) is 3.00. The summed E-state index contributed by atoms with van der Waals surface area (Å²) < 4.78 is 1.47. The summed E-state index contributed by atoms with van der Waals surface area (Å²) in [6.45, 7) is 4.00. The van der Waals surface area contributed by atoms with Crippen LogP contribution in [0, 0.1) is 13.8 Å². The maximum Gasteiger partial charge on any atom is 0.276 e. The van der Waals surface area contributed by atoms with E-state index in [1.165, 1.54) is 4.68 Å². The molecule has 2 aromatic carbocycles. The van der Waals surface area contributed by atoms with Gasteiger partial charge in [-0.05, 0) is 49.2 Å². The van der Waals surface area contributed by atoms with Gasteiger partial charge < -0.3 is 10.6 Å². The average molecular weight is 348 g/mol. The number of anilines is 2. The van der Waals surface area contributed by atoms with E-state index in [9.17, 15) is 9.59 Å². The lowest BCUT2D eigenvalue weighted by molar-refractivity contribution is 0.101. The lowest BCUT2D eigenvalue weighted by Crippen LogP contribution is -2.14. The Morgan fingerprint density at radius 3 is 2.31 bits per heavy atom. The Morgan fingerprint density at radius 2 is 1.62 bits per heavy atom. The van der Waals surface area contributed by atoms with Crippen LogP contribution in [0.15, 0.2) is 54.6 Å². The third kappa shape index (κ3) is 3.80. The van der Waals surface area contributed by atoms with E-state index in [-0.39, 0.29) is 17.5 Å². The molecule has 2 amide bonds. The Balaban J connectivity index is 1.73. The lowest BCUT2D eigenvalue weighted by atomic mass is 10.1. The van der Waals surface area contributed by atoms with Gasteiger partial charge in [-0.3, -0.25) is 14.3 Å². The predicted molar refractivity (Wildman–Crippen MR) is 101 cm³/mol. The van der Waals surface area contributed by atoms with E-state index in [1.54, 1.807) is 37.4 Å². The van der Waals surface area contributed by atoms with Gasteiger partial charge in [0.25, 0.3) is 11.8 Å². The van der Waals surface area contributed by atoms with Crippen LogP contribution in [0.1, 0.15) is 32.0 Å². The zero-order valence-electron chi connectivity index (χ0n) is 14.9. The molecule has 0 spiro atoms. The number of carbonyl (C=O) groups is 2. The summed E-state index contributed by atoms with van der Waals surface area (Å²) in [6, 6.07) is 16.1. The molecular weight excluding hydrogens is 328 g/mol. The Bertz CT molecular complexity index is 961.